The van der Waals surface area contributed by atoms with E-state index in [-0.39, 0.29) is 49.3 Å². The number of piperidine rings is 1. The zero-order valence-electron chi connectivity index (χ0n) is 20.9. The van der Waals surface area contributed by atoms with E-state index in [1.165, 1.54) is 0 Å². The second-order valence-corrected chi connectivity index (χ2v) is 11.2. The number of fused-ring (bicyclic) bond motifs is 1. The van der Waals surface area contributed by atoms with Crippen molar-refractivity contribution >= 4 is 30.4 Å². The van der Waals surface area contributed by atoms with E-state index in [1.54, 1.807) is 11.0 Å². The molecule has 5 rings (SSSR count). The highest BCUT2D eigenvalue weighted by molar-refractivity contribution is 7.80. The largest absolute Gasteiger partial charge is 0.489 e. The van der Waals surface area contributed by atoms with Gasteiger partial charge >= 0.3 is 0 Å². The van der Waals surface area contributed by atoms with Crippen molar-refractivity contribution in [3.8, 4) is 5.75 Å². The van der Waals surface area contributed by atoms with E-state index in [0.29, 0.717) is 43.5 Å². The number of ether oxygens (including phenoxy) is 1. The van der Waals surface area contributed by atoms with E-state index < -0.39 is 17.9 Å². The second kappa shape index (κ2) is 10.9. The zero-order valence-corrected chi connectivity index (χ0v) is 21.8. The van der Waals surface area contributed by atoms with E-state index in [1.807, 2.05) is 6.07 Å². The second-order valence-electron chi connectivity index (χ2n) is 10.8. The average Bonchev–Trinajstić information content (AvgIpc) is 3.19. The number of nitrogens with zero attached hydrogens (tertiary/aromatic N) is 1. The monoisotopic (exact) mass is 535 g/mol. The van der Waals surface area contributed by atoms with Gasteiger partial charge in [0.15, 0.2) is 0 Å². The van der Waals surface area contributed by atoms with Gasteiger partial charge in [0.1, 0.15) is 17.9 Å². The summed E-state index contributed by atoms with van der Waals surface area (Å²) in [6.07, 6.45) is 5.78. The molecule has 3 atom stereocenters. The molecule has 37 heavy (non-hydrogen) atoms. The number of halogens is 2. The summed E-state index contributed by atoms with van der Waals surface area (Å²) in [7, 11) is 0. The van der Waals surface area contributed by atoms with Crippen LogP contribution in [0.3, 0.4) is 0 Å². The molecule has 2 saturated carbocycles. The Morgan fingerprint density at radius 1 is 1.08 bits per heavy atom. The molecule has 2 aliphatic heterocycles. The molecule has 1 aromatic carbocycles. The third-order valence-corrected chi connectivity index (χ3v) is 8.53. The smallest absolute Gasteiger partial charge is 0.255 e. The standard InChI is InChI=1S/C27H35F2N3O4S/c28-27(29)12-9-16(10-13-27)30-20-3-1-2-4-23(20)36-22-7-5-18-19(17(22)11-14-37)15-32(26(18)35)21-6-8-24(33)31-25(21)34/h5,7,16,20-21,23,30,37H,1-4,6,8-15H2,(H,31,33,34)/t20-,21?,23-/m0/s1. The zero-order chi connectivity index (χ0) is 26.2. The van der Waals surface area contributed by atoms with Crippen LogP contribution in [0, 0.1) is 0 Å². The van der Waals surface area contributed by atoms with Crippen molar-refractivity contribution in [3.63, 3.8) is 0 Å². The molecule has 3 amide bonds. The van der Waals surface area contributed by atoms with Crippen LogP contribution in [0.1, 0.15) is 85.7 Å². The number of nitrogens with one attached hydrogen (secondary N) is 2. The summed E-state index contributed by atoms with van der Waals surface area (Å²) in [6.45, 7) is 0.295. The number of rotatable bonds is 7. The first-order valence-corrected chi connectivity index (χ1v) is 14.1. The fourth-order valence-electron chi connectivity index (χ4n) is 6.28. The quantitative estimate of drug-likeness (QED) is 0.366. The summed E-state index contributed by atoms with van der Waals surface area (Å²) >= 11 is 4.45. The predicted octanol–water partition coefficient (Wildman–Crippen LogP) is 3.78. The van der Waals surface area contributed by atoms with Gasteiger partial charge in [-0.1, -0.05) is 6.42 Å². The van der Waals surface area contributed by atoms with Gasteiger partial charge in [0, 0.05) is 49.0 Å². The maximum Gasteiger partial charge on any atom is 0.255 e. The molecule has 7 nitrogen and oxygen atoms in total. The van der Waals surface area contributed by atoms with E-state index in [2.05, 4.69) is 23.3 Å². The van der Waals surface area contributed by atoms with Crippen LogP contribution < -0.4 is 15.4 Å². The van der Waals surface area contributed by atoms with Crippen LogP contribution >= 0.6 is 12.6 Å². The number of thiol groups is 1. The van der Waals surface area contributed by atoms with Gasteiger partial charge < -0.3 is 15.0 Å². The Labute approximate surface area is 221 Å². The number of imide groups is 1. The lowest BCUT2D eigenvalue weighted by Crippen LogP contribution is -2.52. The molecule has 4 aliphatic rings. The highest BCUT2D eigenvalue weighted by atomic mass is 32.1. The normalized spacial score (nSPS) is 28.2. The van der Waals surface area contributed by atoms with Gasteiger partial charge in [-0.15, -0.1) is 0 Å². The van der Waals surface area contributed by atoms with Crippen LogP contribution in [0.25, 0.3) is 0 Å². The first kappa shape index (κ1) is 26.4. The molecule has 10 heteroatoms. The first-order valence-electron chi connectivity index (χ1n) is 13.5. The van der Waals surface area contributed by atoms with Crippen molar-refractivity contribution in [1.29, 1.82) is 0 Å². The molecule has 0 spiro atoms. The van der Waals surface area contributed by atoms with Crippen LogP contribution in [0.5, 0.6) is 5.75 Å². The van der Waals surface area contributed by atoms with E-state index in [9.17, 15) is 23.2 Å². The minimum absolute atomic E-state index is 0.0719. The average molecular weight is 536 g/mol. The van der Waals surface area contributed by atoms with E-state index in [0.717, 1.165) is 42.6 Å². The molecular formula is C27H35F2N3O4S. The summed E-state index contributed by atoms with van der Waals surface area (Å²) in [4.78, 5) is 38.8. The Bertz CT molecular complexity index is 1060. The van der Waals surface area contributed by atoms with Crippen molar-refractivity contribution in [2.75, 3.05) is 5.75 Å². The van der Waals surface area contributed by atoms with Crippen LogP contribution in [0.15, 0.2) is 12.1 Å². The fourth-order valence-corrected chi connectivity index (χ4v) is 6.50. The maximum atomic E-state index is 13.6. The number of benzene rings is 1. The van der Waals surface area contributed by atoms with Crippen molar-refractivity contribution in [3.05, 3.63) is 28.8 Å². The van der Waals surface area contributed by atoms with Gasteiger partial charge in [-0.2, -0.15) is 12.6 Å². The lowest BCUT2D eigenvalue weighted by atomic mass is 9.88. The number of hydrogen-bond donors (Lipinski definition) is 3. The van der Waals surface area contributed by atoms with Crippen LogP contribution in [-0.2, 0) is 22.6 Å². The number of carbonyl (C=O) groups is 3. The third kappa shape index (κ3) is 5.65. The molecule has 202 valence electrons. The maximum absolute atomic E-state index is 13.6. The first-order chi connectivity index (χ1) is 17.8. The van der Waals surface area contributed by atoms with Gasteiger partial charge in [0.2, 0.25) is 17.7 Å². The predicted molar refractivity (Wildman–Crippen MR) is 137 cm³/mol. The summed E-state index contributed by atoms with van der Waals surface area (Å²) in [5.74, 6) is -2.20. The molecule has 1 unspecified atom stereocenters. The van der Waals surface area contributed by atoms with Crippen molar-refractivity contribution < 1.29 is 27.9 Å². The fraction of sp³-hybridized carbons (Fsp3) is 0.667. The summed E-state index contributed by atoms with van der Waals surface area (Å²) in [5, 5.41) is 5.97. The van der Waals surface area contributed by atoms with Crippen molar-refractivity contribution in [1.82, 2.24) is 15.5 Å². The summed E-state index contributed by atoms with van der Waals surface area (Å²) < 4.78 is 33.9. The lowest BCUT2D eigenvalue weighted by Gasteiger charge is -2.38. The summed E-state index contributed by atoms with van der Waals surface area (Å²) in [6, 6.07) is 3.11. The van der Waals surface area contributed by atoms with Gasteiger partial charge in [0.05, 0.1) is 0 Å². The van der Waals surface area contributed by atoms with Crippen LogP contribution in [0.2, 0.25) is 0 Å². The molecule has 0 bridgehead atoms. The number of hydrogen-bond acceptors (Lipinski definition) is 6. The van der Waals surface area contributed by atoms with Gasteiger partial charge in [-0.05, 0) is 68.4 Å². The minimum atomic E-state index is -2.55. The van der Waals surface area contributed by atoms with Gasteiger partial charge in [-0.3, -0.25) is 19.7 Å². The molecule has 0 radical (unpaired) electrons. The molecule has 2 N–H and O–H groups in total. The summed E-state index contributed by atoms with van der Waals surface area (Å²) in [5.41, 5.74) is 2.35. The Balaban J connectivity index is 1.33. The van der Waals surface area contributed by atoms with E-state index >= 15 is 0 Å². The molecule has 2 aliphatic carbocycles. The lowest BCUT2D eigenvalue weighted by molar-refractivity contribution is -0.136. The van der Waals surface area contributed by atoms with E-state index in [4.69, 9.17) is 4.74 Å². The molecule has 0 aromatic heterocycles. The third-order valence-electron chi connectivity index (χ3n) is 8.30. The van der Waals surface area contributed by atoms with Gasteiger partial charge in [-0.25, -0.2) is 8.78 Å². The highest BCUT2D eigenvalue weighted by Gasteiger charge is 2.41. The Morgan fingerprint density at radius 2 is 1.84 bits per heavy atom. The number of alkyl halides is 2. The van der Waals surface area contributed by atoms with Crippen molar-refractivity contribution in [2.24, 2.45) is 0 Å². The molecule has 3 fully saturated rings. The minimum Gasteiger partial charge on any atom is -0.489 e. The van der Waals surface area contributed by atoms with Crippen LogP contribution in [-0.4, -0.2) is 58.5 Å². The Hall–Kier alpha value is -2.20. The van der Waals surface area contributed by atoms with Crippen molar-refractivity contribution in [2.45, 2.75) is 107 Å². The topological polar surface area (TPSA) is 87.7 Å². The Morgan fingerprint density at radius 3 is 2.57 bits per heavy atom. The highest BCUT2D eigenvalue weighted by Crippen LogP contribution is 2.37. The van der Waals surface area contributed by atoms with Crippen LogP contribution in [0.4, 0.5) is 8.78 Å². The molecule has 2 heterocycles. The molecule has 1 aromatic rings. The molecular weight excluding hydrogens is 500 g/mol. The number of carbonyl (C=O) groups excluding carboxylic acids is 3. The van der Waals surface area contributed by atoms with Gasteiger partial charge in [0.25, 0.3) is 5.91 Å². The SMILES string of the molecule is O=C1CCC(N2Cc3c(ccc(O[C@H]4CCCC[C@@H]4NC4CCC(F)(F)CC4)c3CCS)C2=O)C(=O)N1. The number of amides is 3. The Kier molecular flexibility index (Phi) is 7.77. The molecule has 1 saturated heterocycles.